The molecule has 4 heterocycles. The van der Waals surface area contributed by atoms with Crippen LogP contribution in [-0.4, -0.2) is 82.6 Å². The van der Waals surface area contributed by atoms with Crippen molar-refractivity contribution < 1.29 is 34.0 Å². The van der Waals surface area contributed by atoms with Crippen LogP contribution in [0, 0.1) is 6.57 Å². The van der Waals surface area contributed by atoms with E-state index in [9.17, 15) is 4.79 Å². The van der Waals surface area contributed by atoms with E-state index in [-0.39, 0.29) is 83.7 Å². The Bertz CT molecular complexity index is 775. The molecule has 4 aliphatic rings. The van der Waals surface area contributed by atoms with Crippen LogP contribution in [0.15, 0.2) is 12.2 Å². The first-order valence-electron chi connectivity index (χ1n) is 13.9. The average molecular weight is 682 g/mol. The van der Waals surface area contributed by atoms with Crippen molar-refractivity contribution in [3.63, 3.8) is 0 Å². The molecule has 0 saturated carbocycles. The van der Waals surface area contributed by atoms with E-state index in [1.807, 2.05) is 0 Å². The van der Waals surface area contributed by atoms with Gasteiger partial charge in [-0.2, -0.15) is 0 Å². The highest BCUT2D eigenvalue weighted by Crippen LogP contribution is 2.44. The highest BCUT2D eigenvalue weighted by atomic mass is 127. The molecule has 0 aromatic rings. The van der Waals surface area contributed by atoms with Crippen molar-refractivity contribution in [3.8, 4) is 0 Å². The van der Waals surface area contributed by atoms with Gasteiger partial charge in [0.05, 0.1) is 30.5 Å². The average Bonchev–Trinajstić information content (AvgIpc) is 3.60. The number of carbonyl (C=O) groups is 1. The molecule has 0 aliphatic carbocycles. The Kier molecular flexibility index (Phi) is 19.8. The van der Waals surface area contributed by atoms with Crippen LogP contribution in [0.3, 0.4) is 0 Å². The fraction of sp³-hybridized carbons (Fsp3) is 0.871. The fourth-order valence-electron chi connectivity index (χ4n) is 5.86. The Morgan fingerprint density at radius 3 is 2.23 bits per heavy atom. The third kappa shape index (κ3) is 11.5. The lowest BCUT2D eigenvalue weighted by atomic mass is 9.87. The maximum absolute atomic E-state index is 11.0. The maximum atomic E-state index is 11.0. The maximum Gasteiger partial charge on any atom is 0.306 e. The van der Waals surface area contributed by atoms with Crippen LogP contribution >= 0.6 is 22.6 Å². The number of halogens is 1. The Balaban J connectivity index is 0.000000708. The second-order valence-electron chi connectivity index (χ2n) is 10.7. The number of aliphatic hydroxyl groups is 2. The van der Waals surface area contributed by atoms with Crippen molar-refractivity contribution in [3.05, 3.63) is 23.6 Å². The van der Waals surface area contributed by atoms with Gasteiger partial charge in [-0.15, -0.1) is 0 Å². The molecule has 40 heavy (non-hydrogen) atoms. The molecule has 0 radical (unpaired) electrons. The minimum absolute atomic E-state index is 0. The first-order chi connectivity index (χ1) is 17.9. The molecule has 4 rings (SSSR count). The number of ether oxygens (including phenoxy) is 4. The van der Waals surface area contributed by atoms with Crippen molar-refractivity contribution in [2.24, 2.45) is 0 Å². The summed E-state index contributed by atoms with van der Waals surface area (Å²) < 4.78 is 24.5. The lowest BCUT2D eigenvalue weighted by molar-refractivity contribution is -0.152. The lowest BCUT2D eigenvalue weighted by Gasteiger charge is -2.40. The van der Waals surface area contributed by atoms with E-state index in [2.05, 4.69) is 34.0 Å². The summed E-state index contributed by atoms with van der Waals surface area (Å²) in [6.45, 7) is 12.0. The quantitative estimate of drug-likeness (QED) is 0.0804. The zero-order chi connectivity index (χ0) is 26.7. The first kappa shape index (κ1) is 39.2. The van der Waals surface area contributed by atoms with Gasteiger partial charge in [0.2, 0.25) is 6.54 Å². The van der Waals surface area contributed by atoms with Gasteiger partial charge < -0.3 is 34.0 Å². The van der Waals surface area contributed by atoms with Crippen LogP contribution in [0.5, 0.6) is 0 Å². The van der Waals surface area contributed by atoms with E-state index in [0.29, 0.717) is 13.0 Å². The topological polar surface area (TPSA) is 98.8 Å². The molecule has 0 spiro atoms. The third-order valence-electron chi connectivity index (χ3n) is 7.85. The Labute approximate surface area is 257 Å². The second-order valence-corrected chi connectivity index (χ2v) is 11.5. The summed E-state index contributed by atoms with van der Waals surface area (Å²) in [6.07, 6.45) is 12.3. The van der Waals surface area contributed by atoms with Crippen molar-refractivity contribution >= 4 is 28.6 Å². The summed E-state index contributed by atoms with van der Waals surface area (Å²) in [6, 6.07) is 0. The van der Waals surface area contributed by atoms with Crippen molar-refractivity contribution in [2.45, 2.75) is 148 Å². The van der Waals surface area contributed by atoms with Gasteiger partial charge in [0.1, 0.15) is 11.7 Å². The SMILES string of the molecule is C.C.C.C=C1C[C@H](CCCO)O[C@H]1CCC1CCC(=O)O1.[C-]#[N+]CC[C@H]1CC[C@@H]2O[C@@H](CCCO)C[C@]2(CI)O1. The molecule has 234 valence electrons. The first-order valence-corrected chi connectivity index (χ1v) is 15.4. The molecule has 4 fully saturated rings. The van der Waals surface area contributed by atoms with Crippen molar-refractivity contribution in [1.82, 2.24) is 0 Å². The Morgan fingerprint density at radius 2 is 1.62 bits per heavy atom. The lowest BCUT2D eigenvalue weighted by Crippen LogP contribution is -2.49. The molecule has 7 atom stereocenters. The molecule has 8 nitrogen and oxygen atoms in total. The summed E-state index contributed by atoms with van der Waals surface area (Å²) in [5, 5.41) is 17.7. The van der Waals surface area contributed by atoms with Crippen molar-refractivity contribution in [1.29, 1.82) is 0 Å². The highest BCUT2D eigenvalue weighted by Gasteiger charge is 2.52. The van der Waals surface area contributed by atoms with E-state index >= 15 is 0 Å². The minimum atomic E-state index is -0.147. The number of hydrogen-bond acceptors (Lipinski definition) is 7. The summed E-state index contributed by atoms with van der Waals surface area (Å²) in [7, 11) is 0. The minimum Gasteiger partial charge on any atom is -0.462 e. The molecule has 9 heteroatoms. The van der Waals surface area contributed by atoms with Crippen LogP contribution in [0.4, 0.5) is 0 Å². The van der Waals surface area contributed by atoms with E-state index in [0.717, 1.165) is 87.1 Å². The van der Waals surface area contributed by atoms with Gasteiger partial charge in [0, 0.05) is 36.9 Å². The van der Waals surface area contributed by atoms with Gasteiger partial charge in [-0.05, 0) is 69.8 Å². The number of cyclic esters (lactones) is 1. The van der Waals surface area contributed by atoms with Crippen LogP contribution < -0.4 is 0 Å². The third-order valence-corrected chi connectivity index (χ3v) is 9.14. The van der Waals surface area contributed by atoms with Crippen molar-refractivity contribution in [2.75, 3.05) is 24.2 Å². The molecule has 0 amide bonds. The number of alkyl halides is 1. The number of aliphatic hydroxyl groups excluding tert-OH is 2. The molecular weight excluding hydrogens is 625 g/mol. The summed E-state index contributed by atoms with van der Waals surface area (Å²) in [4.78, 5) is 14.4. The Hall–Kier alpha value is -0.770. The number of nitrogens with zero attached hydrogens (tertiary/aromatic N) is 1. The molecular formula is C31H56INO7. The molecule has 0 aromatic carbocycles. The van der Waals surface area contributed by atoms with E-state index < -0.39 is 0 Å². The van der Waals surface area contributed by atoms with Crippen LogP contribution in [0.25, 0.3) is 4.85 Å². The monoisotopic (exact) mass is 681 g/mol. The molecule has 4 aliphatic heterocycles. The zero-order valence-electron chi connectivity index (χ0n) is 22.0. The predicted molar refractivity (Wildman–Crippen MR) is 169 cm³/mol. The second kappa shape index (κ2) is 20.2. The summed E-state index contributed by atoms with van der Waals surface area (Å²) in [5.74, 6) is -0.0769. The zero-order valence-corrected chi connectivity index (χ0v) is 24.1. The van der Waals surface area contributed by atoms with Gasteiger partial charge in [0.25, 0.3) is 0 Å². The van der Waals surface area contributed by atoms with Gasteiger partial charge in [-0.1, -0.05) is 51.4 Å². The van der Waals surface area contributed by atoms with Crippen LogP contribution in [0.1, 0.15) is 106 Å². The van der Waals surface area contributed by atoms with Gasteiger partial charge in [0.15, 0.2) is 0 Å². The van der Waals surface area contributed by atoms with Gasteiger partial charge >= 0.3 is 5.97 Å². The summed E-state index contributed by atoms with van der Waals surface area (Å²) >= 11 is 2.40. The standard InChI is InChI=1S/C14H22INO3.C14H22O4.3CH4/c1-16-7-6-11-4-5-13-14(10-15,19-11)9-12(18-13)3-2-8-17;1-10-9-12(3-2-8-15)17-13(10)6-4-11-5-7-14(16)18-11;;;/h11-13,17H,2-10H2;11-13,15H,1-9H2;3*1H4/t11-,12+,13+,14-;11?,12-,13-;;;/m10.../s1. The fourth-order valence-corrected chi connectivity index (χ4v) is 6.84. The highest BCUT2D eigenvalue weighted by molar-refractivity contribution is 14.1. The van der Waals surface area contributed by atoms with Crippen LogP contribution in [-0.2, 0) is 23.7 Å². The van der Waals surface area contributed by atoms with E-state index in [4.69, 9.17) is 35.7 Å². The smallest absolute Gasteiger partial charge is 0.306 e. The molecule has 0 bridgehead atoms. The number of fused-ring (bicyclic) bond motifs is 1. The number of rotatable bonds is 12. The molecule has 2 N–H and O–H groups in total. The van der Waals surface area contributed by atoms with Gasteiger partial charge in [-0.25, -0.2) is 6.57 Å². The Morgan fingerprint density at radius 1 is 0.925 bits per heavy atom. The largest absolute Gasteiger partial charge is 0.462 e. The van der Waals surface area contributed by atoms with E-state index in [1.165, 1.54) is 0 Å². The van der Waals surface area contributed by atoms with Gasteiger partial charge in [-0.3, -0.25) is 4.79 Å². The summed E-state index contributed by atoms with van der Waals surface area (Å²) in [5.41, 5.74) is 0.994. The predicted octanol–water partition coefficient (Wildman–Crippen LogP) is 6.45. The van der Waals surface area contributed by atoms with Crippen LogP contribution in [0.2, 0.25) is 0 Å². The number of carbonyl (C=O) groups excluding carboxylic acids is 1. The van der Waals surface area contributed by atoms with E-state index in [1.54, 1.807) is 0 Å². The normalized spacial score (nSPS) is 32.4. The number of esters is 1. The molecule has 4 saturated heterocycles. The molecule has 1 unspecified atom stereocenters. The number of hydrogen-bond donors (Lipinski definition) is 2. The molecule has 0 aromatic heterocycles.